The van der Waals surface area contributed by atoms with Crippen LogP contribution in [0.4, 0.5) is 0 Å². The number of rotatable bonds is 6. The molecular formula is C17H17BrN2O. The van der Waals surface area contributed by atoms with E-state index in [1.807, 2.05) is 24.3 Å². The summed E-state index contributed by atoms with van der Waals surface area (Å²) in [6, 6.07) is 17.6. The zero-order valence-corrected chi connectivity index (χ0v) is 13.5. The van der Waals surface area contributed by atoms with Gasteiger partial charge in [0.1, 0.15) is 12.4 Å². The van der Waals surface area contributed by atoms with Crippen molar-refractivity contribution in [1.82, 2.24) is 4.90 Å². The highest BCUT2D eigenvalue weighted by Crippen LogP contribution is 2.13. The minimum atomic E-state index is 0.621. The third kappa shape index (κ3) is 5.22. The minimum absolute atomic E-state index is 0.621. The van der Waals surface area contributed by atoms with Crippen LogP contribution in [0.1, 0.15) is 11.1 Å². The molecule has 0 heterocycles. The fraction of sp³-hybridized carbons (Fsp3) is 0.235. The Hall–Kier alpha value is -1.83. The van der Waals surface area contributed by atoms with Crippen molar-refractivity contribution in [1.29, 1.82) is 5.26 Å². The number of ether oxygens (including phenoxy) is 1. The van der Waals surface area contributed by atoms with Crippen LogP contribution in [-0.2, 0) is 6.54 Å². The highest BCUT2D eigenvalue weighted by Gasteiger charge is 2.02. The highest BCUT2D eigenvalue weighted by atomic mass is 79.9. The van der Waals surface area contributed by atoms with Gasteiger partial charge in [0.05, 0.1) is 11.6 Å². The Morgan fingerprint density at radius 3 is 2.62 bits per heavy atom. The van der Waals surface area contributed by atoms with Crippen molar-refractivity contribution in [3.05, 3.63) is 64.1 Å². The van der Waals surface area contributed by atoms with Crippen LogP contribution >= 0.6 is 15.9 Å². The number of halogens is 1. The summed E-state index contributed by atoms with van der Waals surface area (Å²) in [5.74, 6) is 0.796. The van der Waals surface area contributed by atoms with E-state index >= 15 is 0 Å². The smallest absolute Gasteiger partial charge is 0.119 e. The number of benzene rings is 2. The van der Waals surface area contributed by atoms with E-state index in [0.29, 0.717) is 12.2 Å². The Labute approximate surface area is 133 Å². The SMILES string of the molecule is CN(CCOc1ccc(C#N)cc1)Cc1cccc(Br)c1. The van der Waals surface area contributed by atoms with Gasteiger partial charge in [-0.15, -0.1) is 0 Å². The summed E-state index contributed by atoms with van der Waals surface area (Å²) in [6.45, 7) is 2.35. The Morgan fingerprint density at radius 2 is 1.95 bits per heavy atom. The summed E-state index contributed by atoms with van der Waals surface area (Å²) < 4.78 is 6.78. The van der Waals surface area contributed by atoms with E-state index in [-0.39, 0.29) is 0 Å². The second-order valence-corrected chi connectivity index (χ2v) is 5.77. The van der Waals surface area contributed by atoms with Gasteiger partial charge in [-0.05, 0) is 49.0 Å². The highest BCUT2D eigenvalue weighted by molar-refractivity contribution is 9.10. The predicted octanol–water partition coefficient (Wildman–Crippen LogP) is 3.83. The molecule has 4 heteroatoms. The summed E-state index contributed by atoms with van der Waals surface area (Å²) in [5, 5.41) is 8.74. The molecular weight excluding hydrogens is 328 g/mol. The van der Waals surface area contributed by atoms with E-state index in [0.717, 1.165) is 23.3 Å². The molecule has 2 aromatic carbocycles. The lowest BCUT2D eigenvalue weighted by Crippen LogP contribution is -2.23. The normalized spacial score (nSPS) is 10.4. The van der Waals surface area contributed by atoms with Gasteiger partial charge in [0.25, 0.3) is 0 Å². The van der Waals surface area contributed by atoms with Crippen LogP contribution in [0.3, 0.4) is 0 Å². The number of nitrogens with zero attached hydrogens (tertiary/aromatic N) is 2. The van der Waals surface area contributed by atoms with Crippen molar-refractivity contribution >= 4 is 15.9 Å². The zero-order chi connectivity index (χ0) is 15.1. The number of hydrogen-bond donors (Lipinski definition) is 0. The van der Waals surface area contributed by atoms with Gasteiger partial charge >= 0.3 is 0 Å². The maximum absolute atomic E-state index is 8.74. The average molecular weight is 345 g/mol. The van der Waals surface area contributed by atoms with Gasteiger partial charge in [0, 0.05) is 17.6 Å². The monoisotopic (exact) mass is 344 g/mol. The molecule has 21 heavy (non-hydrogen) atoms. The molecule has 0 aliphatic heterocycles. The van der Waals surface area contributed by atoms with Gasteiger partial charge in [0.2, 0.25) is 0 Å². The molecule has 0 aliphatic rings. The van der Waals surface area contributed by atoms with E-state index in [9.17, 15) is 0 Å². The minimum Gasteiger partial charge on any atom is -0.492 e. The van der Waals surface area contributed by atoms with Crippen LogP contribution in [0.2, 0.25) is 0 Å². The first-order valence-corrected chi connectivity index (χ1v) is 7.52. The van der Waals surface area contributed by atoms with Gasteiger partial charge in [-0.1, -0.05) is 28.1 Å². The first-order chi connectivity index (χ1) is 10.2. The zero-order valence-electron chi connectivity index (χ0n) is 11.9. The first-order valence-electron chi connectivity index (χ1n) is 6.73. The summed E-state index contributed by atoms with van der Waals surface area (Å²) in [5.41, 5.74) is 1.92. The third-order valence-electron chi connectivity index (χ3n) is 3.07. The van der Waals surface area contributed by atoms with Crippen molar-refractivity contribution in [2.45, 2.75) is 6.54 Å². The number of nitriles is 1. The Bertz CT molecular complexity index is 619. The van der Waals surface area contributed by atoms with Crippen molar-refractivity contribution in [3.63, 3.8) is 0 Å². The molecule has 3 nitrogen and oxygen atoms in total. The molecule has 0 atom stereocenters. The molecule has 0 saturated heterocycles. The van der Waals surface area contributed by atoms with E-state index in [1.165, 1.54) is 5.56 Å². The summed E-state index contributed by atoms with van der Waals surface area (Å²) in [7, 11) is 2.07. The molecule has 2 aromatic rings. The van der Waals surface area contributed by atoms with Gasteiger partial charge in [-0.3, -0.25) is 4.90 Å². The third-order valence-corrected chi connectivity index (χ3v) is 3.56. The summed E-state index contributed by atoms with van der Waals surface area (Å²) >= 11 is 3.48. The first kappa shape index (κ1) is 15.6. The largest absolute Gasteiger partial charge is 0.492 e. The lowest BCUT2D eigenvalue weighted by Gasteiger charge is -2.17. The Balaban J connectivity index is 1.76. The molecule has 0 fully saturated rings. The average Bonchev–Trinajstić information content (AvgIpc) is 2.48. The number of hydrogen-bond acceptors (Lipinski definition) is 3. The topological polar surface area (TPSA) is 36.3 Å². The van der Waals surface area contributed by atoms with Gasteiger partial charge in [-0.2, -0.15) is 5.26 Å². The van der Waals surface area contributed by atoms with Crippen molar-refractivity contribution in [2.24, 2.45) is 0 Å². The number of likely N-dealkylation sites (N-methyl/N-ethyl adjacent to an activating group) is 1. The second-order valence-electron chi connectivity index (χ2n) is 4.85. The van der Waals surface area contributed by atoms with Crippen molar-refractivity contribution in [2.75, 3.05) is 20.2 Å². The second kappa shape index (κ2) is 7.82. The lowest BCUT2D eigenvalue weighted by molar-refractivity contribution is 0.233. The van der Waals surface area contributed by atoms with Crippen LogP contribution in [0.5, 0.6) is 5.75 Å². The maximum Gasteiger partial charge on any atom is 0.119 e. The van der Waals surface area contributed by atoms with Crippen LogP contribution in [0, 0.1) is 11.3 Å². The summed E-state index contributed by atoms with van der Waals surface area (Å²) in [6.07, 6.45) is 0. The van der Waals surface area contributed by atoms with Crippen molar-refractivity contribution < 1.29 is 4.74 Å². The molecule has 0 spiro atoms. The van der Waals surface area contributed by atoms with Gasteiger partial charge in [-0.25, -0.2) is 0 Å². The maximum atomic E-state index is 8.74. The standard InChI is InChI=1S/C17H17BrN2O/c1-20(13-15-3-2-4-16(18)11-15)9-10-21-17-7-5-14(12-19)6-8-17/h2-8,11H,9-10,13H2,1H3. The molecule has 0 bridgehead atoms. The Morgan fingerprint density at radius 1 is 1.19 bits per heavy atom. The predicted molar refractivity (Wildman–Crippen MR) is 87.1 cm³/mol. The molecule has 0 aromatic heterocycles. The molecule has 0 saturated carbocycles. The molecule has 0 aliphatic carbocycles. The van der Waals surface area contributed by atoms with Crippen LogP contribution in [0.15, 0.2) is 53.0 Å². The molecule has 0 amide bonds. The Kier molecular flexibility index (Phi) is 5.79. The molecule has 0 radical (unpaired) electrons. The van der Waals surface area contributed by atoms with Crippen LogP contribution < -0.4 is 4.74 Å². The fourth-order valence-corrected chi connectivity index (χ4v) is 2.42. The van der Waals surface area contributed by atoms with Gasteiger partial charge < -0.3 is 4.74 Å². The summed E-state index contributed by atoms with van der Waals surface area (Å²) in [4.78, 5) is 2.21. The quantitative estimate of drug-likeness (QED) is 0.798. The molecule has 108 valence electrons. The van der Waals surface area contributed by atoms with Gasteiger partial charge in [0.15, 0.2) is 0 Å². The van der Waals surface area contributed by atoms with E-state index in [2.05, 4.69) is 46.1 Å². The fourth-order valence-electron chi connectivity index (χ4n) is 1.97. The van der Waals surface area contributed by atoms with E-state index < -0.39 is 0 Å². The van der Waals surface area contributed by atoms with E-state index in [1.54, 1.807) is 12.1 Å². The van der Waals surface area contributed by atoms with E-state index in [4.69, 9.17) is 10.00 Å². The molecule has 0 N–H and O–H groups in total. The lowest BCUT2D eigenvalue weighted by atomic mass is 10.2. The van der Waals surface area contributed by atoms with Crippen molar-refractivity contribution in [3.8, 4) is 11.8 Å². The van der Waals surface area contributed by atoms with Crippen LogP contribution in [-0.4, -0.2) is 25.1 Å². The molecule has 2 rings (SSSR count). The van der Waals surface area contributed by atoms with Crippen LogP contribution in [0.25, 0.3) is 0 Å². The molecule has 0 unspecified atom stereocenters.